The molecule has 0 saturated heterocycles. The van der Waals surface area contributed by atoms with E-state index in [1.54, 1.807) is 6.07 Å². The lowest BCUT2D eigenvalue weighted by atomic mass is 9.94. The Morgan fingerprint density at radius 2 is 1.75 bits per heavy atom. The summed E-state index contributed by atoms with van der Waals surface area (Å²) in [6, 6.07) is 5.10. The van der Waals surface area contributed by atoms with Crippen LogP contribution in [-0.2, 0) is 6.18 Å². The van der Waals surface area contributed by atoms with Crippen molar-refractivity contribution in [2.24, 2.45) is 0 Å². The fourth-order valence-electron chi connectivity index (χ4n) is 2.64. The van der Waals surface area contributed by atoms with Crippen LogP contribution in [0.15, 0.2) is 24.3 Å². The Morgan fingerprint density at radius 1 is 1.10 bits per heavy atom. The van der Waals surface area contributed by atoms with Crippen molar-refractivity contribution in [3.8, 4) is 0 Å². The zero-order valence-electron chi connectivity index (χ0n) is 11.3. The molecule has 0 amide bonds. The van der Waals surface area contributed by atoms with Crippen LogP contribution < -0.4 is 5.32 Å². The molecule has 1 aliphatic rings. The Labute approximate surface area is 117 Å². The Balaban J connectivity index is 1.99. The molecule has 2 N–H and O–H groups in total. The minimum Gasteiger partial charge on any atom is -0.388 e. The molecule has 1 saturated carbocycles. The first-order chi connectivity index (χ1) is 9.39. The standard InChI is InChI=1S/C15H20F3NO/c16-15(17,18)12-6-5-7-13(10-12)19-11-14(20)8-3-1-2-4-9-14/h5-7,10,19-20H,1-4,8-9,11H2. The zero-order valence-corrected chi connectivity index (χ0v) is 11.3. The molecule has 0 atom stereocenters. The second-order valence-corrected chi connectivity index (χ2v) is 5.57. The Bertz CT molecular complexity index is 437. The highest BCUT2D eigenvalue weighted by Crippen LogP contribution is 2.31. The van der Waals surface area contributed by atoms with Crippen molar-refractivity contribution in [2.45, 2.75) is 50.3 Å². The lowest BCUT2D eigenvalue weighted by Gasteiger charge is -2.27. The third-order valence-corrected chi connectivity index (χ3v) is 3.85. The van der Waals surface area contributed by atoms with E-state index in [-0.39, 0.29) is 0 Å². The van der Waals surface area contributed by atoms with Gasteiger partial charge < -0.3 is 10.4 Å². The number of aliphatic hydroxyl groups is 1. The van der Waals surface area contributed by atoms with Gasteiger partial charge >= 0.3 is 6.18 Å². The van der Waals surface area contributed by atoms with E-state index in [1.807, 2.05) is 0 Å². The fraction of sp³-hybridized carbons (Fsp3) is 0.600. The van der Waals surface area contributed by atoms with Gasteiger partial charge in [0.15, 0.2) is 0 Å². The largest absolute Gasteiger partial charge is 0.416 e. The molecule has 0 aliphatic heterocycles. The van der Waals surface area contributed by atoms with Crippen LogP contribution in [0.2, 0.25) is 0 Å². The van der Waals surface area contributed by atoms with E-state index in [0.29, 0.717) is 25.1 Å². The molecule has 1 aromatic rings. The first kappa shape index (κ1) is 15.2. The maximum Gasteiger partial charge on any atom is 0.416 e. The SMILES string of the molecule is OC1(CNc2cccc(C(F)(F)F)c2)CCCCCC1. The summed E-state index contributed by atoms with van der Waals surface area (Å²) in [6.45, 7) is 0.300. The van der Waals surface area contributed by atoms with Crippen LogP contribution in [0.25, 0.3) is 0 Å². The van der Waals surface area contributed by atoms with Gasteiger partial charge in [-0.1, -0.05) is 31.7 Å². The smallest absolute Gasteiger partial charge is 0.388 e. The molecule has 2 rings (SSSR count). The topological polar surface area (TPSA) is 32.3 Å². The molecule has 20 heavy (non-hydrogen) atoms. The third kappa shape index (κ3) is 4.13. The molecule has 1 aliphatic carbocycles. The zero-order chi connectivity index (χ0) is 14.6. The molecule has 2 nitrogen and oxygen atoms in total. The van der Waals surface area contributed by atoms with Crippen molar-refractivity contribution in [3.05, 3.63) is 29.8 Å². The average molecular weight is 287 g/mol. The van der Waals surface area contributed by atoms with E-state index < -0.39 is 17.3 Å². The summed E-state index contributed by atoms with van der Waals surface area (Å²) in [7, 11) is 0. The van der Waals surface area contributed by atoms with Gasteiger partial charge in [-0.05, 0) is 31.0 Å². The van der Waals surface area contributed by atoms with E-state index >= 15 is 0 Å². The van der Waals surface area contributed by atoms with Crippen molar-refractivity contribution in [2.75, 3.05) is 11.9 Å². The molecule has 0 radical (unpaired) electrons. The average Bonchev–Trinajstić information content (AvgIpc) is 2.61. The van der Waals surface area contributed by atoms with Crippen LogP contribution in [0.5, 0.6) is 0 Å². The summed E-state index contributed by atoms with van der Waals surface area (Å²) in [6.07, 6.45) is 1.26. The quantitative estimate of drug-likeness (QED) is 0.816. The van der Waals surface area contributed by atoms with E-state index in [1.165, 1.54) is 6.07 Å². The monoisotopic (exact) mass is 287 g/mol. The van der Waals surface area contributed by atoms with Gasteiger partial charge in [0.2, 0.25) is 0 Å². The van der Waals surface area contributed by atoms with Gasteiger partial charge in [0.05, 0.1) is 11.2 Å². The van der Waals surface area contributed by atoms with Gasteiger partial charge in [-0.25, -0.2) is 0 Å². The second kappa shape index (κ2) is 6.04. The van der Waals surface area contributed by atoms with E-state index in [0.717, 1.165) is 37.8 Å². The minimum atomic E-state index is -4.34. The van der Waals surface area contributed by atoms with Gasteiger partial charge in [-0.15, -0.1) is 0 Å². The molecule has 0 spiro atoms. The van der Waals surface area contributed by atoms with Crippen molar-refractivity contribution in [3.63, 3.8) is 0 Å². The highest BCUT2D eigenvalue weighted by molar-refractivity contribution is 5.46. The fourth-order valence-corrected chi connectivity index (χ4v) is 2.64. The Hall–Kier alpha value is -1.23. The molecule has 1 fully saturated rings. The van der Waals surface area contributed by atoms with Gasteiger partial charge in [0.1, 0.15) is 0 Å². The second-order valence-electron chi connectivity index (χ2n) is 5.57. The Morgan fingerprint density at radius 3 is 2.35 bits per heavy atom. The van der Waals surface area contributed by atoms with Crippen LogP contribution in [0, 0.1) is 0 Å². The first-order valence-corrected chi connectivity index (χ1v) is 7.03. The predicted octanol–water partition coefficient (Wildman–Crippen LogP) is 4.20. The van der Waals surface area contributed by atoms with Crippen molar-refractivity contribution >= 4 is 5.69 Å². The van der Waals surface area contributed by atoms with Crippen LogP contribution >= 0.6 is 0 Å². The number of rotatable bonds is 3. The molecule has 5 heteroatoms. The van der Waals surface area contributed by atoms with E-state index in [2.05, 4.69) is 5.32 Å². The lowest BCUT2D eigenvalue weighted by molar-refractivity contribution is -0.137. The molecule has 1 aromatic carbocycles. The van der Waals surface area contributed by atoms with Crippen molar-refractivity contribution < 1.29 is 18.3 Å². The van der Waals surface area contributed by atoms with Crippen LogP contribution in [0.4, 0.5) is 18.9 Å². The molecule has 0 heterocycles. The maximum absolute atomic E-state index is 12.6. The number of hydrogen-bond donors (Lipinski definition) is 2. The summed E-state index contributed by atoms with van der Waals surface area (Å²) in [5.41, 5.74) is -1.07. The lowest BCUT2D eigenvalue weighted by Crippen LogP contribution is -2.36. The number of hydrogen-bond acceptors (Lipinski definition) is 2. The molecule has 0 bridgehead atoms. The molecular weight excluding hydrogens is 267 g/mol. The highest BCUT2D eigenvalue weighted by atomic mass is 19.4. The van der Waals surface area contributed by atoms with Crippen LogP contribution in [0.3, 0.4) is 0 Å². The first-order valence-electron chi connectivity index (χ1n) is 7.03. The summed E-state index contributed by atoms with van der Waals surface area (Å²) in [5.74, 6) is 0. The third-order valence-electron chi connectivity index (χ3n) is 3.85. The number of halogens is 3. The summed E-state index contributed by atoms with van der Waals surface area (Å²) in [5, 5.41) is 13.4. The molecular formula is C15H20F3NO. The predicted molar refractivity (Wildman–Crippen MR) is 72.6 cm³/mol. The number of nitrogens with one attached hydrogen (secondary N) is 1. The van der Waals surface area contributed by atoms with Gasteiger partial charge in [-0.3, -0.25) is 0 Å². The molecule has 0 unspecified atom stereocenters. The number of benzene rings is 1. The number of alkyl halides is 3. The minimum absolute atomic E-state index is 0.300. The maximum atomic E-state index is 12.6. The van der Waals surface area contributed by atoms with E-state index in [4.69, 9.17) is 0 Å². The van der Waals surface area contributed by atoms with Gasteiger partial charge in [-0.2, -0.15) is 13.2 Å². The molecule has 0 aromatic heterocycles. The van der Waals surface area contributed by atoms with Crippen LogP contribution in [-0.4, -0.2) is 17.3 Å². The van der Waals surface area contributed by atoms with Gasteiger partial charge in [0.25, 0.3) is 0 Å². The Kier molecular flexibility index (Phi) is 4.58. The van der Waals surface area contributed by atoms with Crippen molar-refractivity contribution in [1.29, 1.82) is 0 Å². The normalized spacial score (nSPS) is 19.4. The van der Waals surface area contributed by atoms with E-state index in [9.17, 15) is 18.3 Å². The van der Waals surface area contributed by atoms with Crippen molar-refractivity contribution in [1.82, 2.24) is 0 Å². The molecule has 112 valence electrons. The summed E-state index contributed by atoms with van der Waals surface area (Å²) < 4.78 is 37.8. The van der Waals surface area contributed by atoms with Crippen LogP contribution in [0.1, 0.15) is 44.1 Å². The van der Waals surface area contributed by atoms with Gasteiger partial charge in [0, 0.05) is 12.2 Å². The number of anilines is 1. The summed E-state index contributed by atoms with van der Waals surface area (Å²) in [4.78, 5) is 0. The highest BCUT2D eigenvalue weighted by Gasteiger charge is 2.31. The summed E-state index contributed by atoms with van der Waals surface area (Å²) >= 11 is 0.